The Balaban J connectivity index is 2.10. The molecule has 1 atom stereocenters. The van der Waals surface area contributed by atoms with Crippen LogP contribution in [-0.2, 0) is 0 Å². The third-order valence-electron chi connectivity index (χ3n) is 3.26. The van der Waals surface area contributed by atoms with E-state index in [9.17, 15) is 13.6 Å². The summed E-state index contributed by atoms with van der Waals surface area (Å²) in [5.41, 5.74) is 0.995. The number of benzene rings is 1. The molecule has 0 unspecified atom stereocenters. The fourth-order valence-corrected chi connectivity index (χ4v) is 2.99. The van der Waals surface area contributed by atoms with Crippen LogP contribution >= 0.6 is 22.9 Å². The van der Waals surface area contributed by atoms with Crippen LogP contribution in [0.5, 0.6) is 0 Å². The van der Waals surface area contributed by atoms with Gasteiger partial charge in [-0.3, -0.25) is 4.79 Å². The smallest absolute Gasteiger partial charge is 0.252 e. The highest BCUT2D eigenvalue weighted by Gasteiger charge is 2.19. The monoisotopic (exact) mass is 344 g/mol. The largest absolute Gasteiger partial charge is 0.350 e. The van der Waals surface area contributed by atoms with Gasteiger partial charge in [-0.05, 0) is 48.6 Å². The molecule has 0 saturated heterocycles. The fraction of sp³-hybridized carbons (Fsp3) is 0.267. The lowest BCUT2D eigenvalue weighted by atomic mass is 10.1. The number of halogens is 3. The Hall–Kier alpha value is -1.50. The van der Waals surface area contributed by atoms with E-state index in [1.165, 1.54) is 0 Å². The number of hydrogen-bond acceptors (Lipinski definition) is 3. The molecule has 0 aliphatic heterocycles. The molecular formula is C15H15ClF2N2OS. The summed E-state index contributed by atoms with van der Waals surface area (Å²) in [6, 6.07) is 3.57. The van der Waals surface area contributed by atoms with Crippen LogP contribution in [0.15, 0.2) is 29.0 Å². The van der Waals surface area contributed by atoms with Gasteiger partial charge < -0.3 is 10.2 Å². The molecule has 0 saturated carbocycles. The summed E-state index contributed by atoms with van der Waals surface area (Å²) in [7, 11) is 3.80. The molecule has 22 heavy (non-hydrogen) atoms. The van der Waals surface area contributed by atoms with Gasteiger partial charge in [-0.1, -0.05) is 11.6 Å². The minimum Gasteiger partial charge on any atom is -0.350 e. The van der Waals surface area contributed by atoms with Gasteiger partial charge in [-0.15, -0.1) is 0 Å². The van der Waals surface area contributed by atoms with Crippen LogP contribution in [-0.4, -0.2) is 31.4 Å². The molecule has 3 nitrogen and oxygen atoms in total. The molecule has 1 amide bonds. The van der Waals surface area contributed by atoms with Crippen LogP contribution in [0, 0.1) is 11.6 Å². The average Bonchev–Trinajstić information content (AvgIpc) is 2.96. The van der Waals surface area contributed by atoms with E-state index in [2.05, 4.69) is 5.32 Å². The third-order valence-corrected chi connectivity index (χ3v) is 4.28. The number of carbonyl (C=O) groups is 1. The molecule has 1 aromatic carbocycles. The number of nitrogens with zero attached hydrogens (tertiary/aromatic N) is 1. The molecule has 0 spiro atoms. The van der Waals surface area contributed by atoms with E-state index < -0.39 is 17.5 Å². The molecule has 1 N–H and O–H groups in total. The summed E-state index contributed by atoms with van der Waals surface area (Å²) < 4.78 is 26.3. The Morgan fingerprint density at radius 3 is 2.64 bits per heavy atom. The topological polar surface area (TPSA) is 32.3 Å². The van der Waals surface area contributed by atoms with Crippen molar-refractivity contribution in [2.45, 2.75) is 6.04 Å². The quantitative estimate of drug-likeness (QED) is 0.839. The van der Waals surface area contributed by atoms with Gasteiger partial charge in [0.05, 0.1) is 16.6 Å². The molecule has 1 heterocycles. The third kappa shape index (κ3) is 3.82. The first-order valence-electron chi connectivity index (χ1n) is 6.51. The molecule has 0 fully saturated rings. The maximum absolute atomic E-state index is 13.2. The molecule has 7 heteroatoms. The van der Waals surface area contributed by atoms with Gasteiger partial charge in [-0.25, -0.2) is 8.78 Å². The Labute approximate surface area is 136 Å². The first-order valence-corrected chi connectivity index (χ1v) is 7.83. The van der Waals surface area contributed by atoms with Crippen molar-refractivity contribution in [1.82, 2.24) is 10.2 Å². The van der Waals surface area contributed by atoms with E-state index in [0.717, 1.165) is 17.7 Å². The van der Waals surface area contributed by atoms with Crippen LogP contribution in [0.1, 0.15) is 22.0 Å². The van der Waals surface area contributed by atoms with Crippen molar-refractivity contribution in [3.63, 3.8) is 0 Å². The molecule has 0 aliphatic carbocycles. The number of rotatable bonds is 5. The normalized spacial score (nSPS) is 12.5. The Bertz CT molecular complexity index is 662. The van der Waals surface area contributed by atoms with E-state index in [1.54, 1.807) is 11.3 Å². The first kappa shape index (κ1) is 16.9. The van der Waals surface area contributed by atoms with Crippen LogP contribution in [0.4, 0.5) is 8.78 Å². The second kappa shape index (κ2) is 7.17. The lowest BCUT2D eigenvalue weighted by Gasteiger charge is -2.24. The van der Waals surface area contributed by atoms with E-state index in [1.807, 2.05) is 35.8 Å². The minimum atomic E-state index is -1.10. The van der Waals surface area contributed by atoms with Crippen molar-refractivity contribution in [2.24, 2.45) is 0 Å². The van der Waals surface area contributed by atoms with E-state index in [-0.39, 0.29) is 16.6 Å². The van der Waals surface area contributed by atoms with Gasteiger partial charge in [-0.2, -0.15) is 11.3 Å². The molecule has 2 rings (SSSR count). The van der Waals surface area contributed by atoms with Crippen molar-refractivity contribution in [3.05, 3.63) is 56.7 Å². The van der Waals surface area contributed by atoms with E-state index >= 15 is 0 Å². The predicted octanol–water partition coefficient (Wildman–Crippen LogP) is 3.71. The van der Waals surface area contributed by atoms with Crippen molar-refractivity contribution in [1.29, 1.82) is 0 Å². The molecule has 0 radical (unpaired) electrons. The standard InChI is InChI=1S/C15H15ClF2N2OS/c1-20(2)14(9-3-4-22-8-9)7-19-15(21)10-5-12(17)13(18)6-11(10)16/h3-6,8,14H,7H2,1-2H3,(H,19,21)/t14-/m1/s1. The summed E-state index contributed by atoms with van der Waals surface area (Å²) in [6.07, 6.45) is 0. The predicted molar refractivity (Wildman–Crippen MR) is 84.4 cm³/mol. The average molecular weight is 345 g/mol. The van der Waals surface area contributed by atoms with Crippen molar-refractivity contribution in [3.8, 4) is 0 Å². The Morgan fingerprint density at radius 1 is 1.36 bits per heavy atom. The maximum Gasteiger partial charge on any atom is 0.252 e. The van der Waals surface area contributed by atoms with Crippen molar-refractivity contribution >= 4 is 28.8 Å². The highest BCUT2D eigenvalue weighted by atomic mass is 35.5. The second-order valence-corrected chi connectivity index (χ2v) is 6.18. The molecular weight excluding hydrogens is 330 g/mol. The van der Waals surface area contributed by atoms with Crippen molar-refractivity contribution in [2.75, 3.05) is 20.6 Å². The zero-order chi connectivity index (χ0) is 16.3. The molecule has 1 aromatic heterocycles. The SMILES string of the molecule is CN(C)[C@H](CNC(=O)c1cc(F)c(F)cc1Cl)c1ccsc1. The van der Waals surface area contributed by atoms with Gasteiger partial charge in [0.2, 0.25) is 0 Å². The number of likely N-dealkylation sites (N-methyl/N-ethyl adjacent to an activating group) is 1. The Kier molecular flexibility index (Phi) is 5.50. The molecule has 0 aliphatic rings. The summed E-state index contributed by atoms with van der Waals surface area (Å²) >= 11 is 7.37. The fourth-order valence-electron chi connectivity index (χ4n) is 2.04. The zero-order valence-electron chi connectivity index (χ0n) is 12.1. The summed E-state index contributed by atoms with van der Waals surface area (Å²) in [6.45, 7) is 0.331. The zero-order valence-corrected chi connectivity index (χ0v) is 13.6. The summed E-state index contributed by atoms with van der Waals surface area (Å²) in [5.74, 6) is -2.71. The van der Waals surface area contributed by atoms with Gasteiger partial charge >= 0.3 is 0 Å². The van der Waals surface area contributed by atoms with Gasteiger partial charge in [0.1, 0.15) is 0 Å². The lowest BCUT2D eigenvalue weighted by Crippen LogP contribution is -2.34. The molecule has 118 valence electrons. The Morgan fingerprint density at radius 2 is 2.05 bits per heavy atom. The second-order valence-electron chi connectivity index (χ2n) is 4.99. The van der Waals surface area contributed by atoms with Gasteiger partial charge in [0.15, 0.2) is 11.6 Å². The molecule has 2 aromatic rings. The molecule has 0 bridgehead atoms. The first-order chi connectivity index (χ1) is 10.4. The maximum atomic E-state index is 13.2. The van der Waals surface area contributed by atoms with Crippen molar-refractivity contribution < 1.29 is 13.6 Å². The number of thiophene rings is 1. The van der Waals surface area contributed by atoms with E-state index in [4.69, 9.17) is 11.6 Å². The number of carbonyl (C=O) groups excluding carboxylic acids is 1. The lowest BCUT2D eigenvalue weighted by molar-refractivity contribution is 0.0941. The highest BCUT2D eigenvalue weighted by molar-refractivity contribution is 7.07. The summed E-state index contributed by atoms with van der Waals surface area (Å²) in [4.78, 5) is 14.1. The van der Waals surface area contributed by atoms with Crippen LogP contribution in [0.2, 0.25) is 5.02 Å². The van der Waals surface area contributed by atoms with Crippen LogP contribution in [0.3, 0.4) is 0 Å². The van der Waals surface area contributed by atoms with Crippen LogP contribution in [0.25, 0.3) is 0 Å². The van der Waals surface area contributed by atoms with Gasteiger partial charge in [0, 0.05) is 6.54 Å². The summed E-state index contributed by atoms with van der Waals surface area (Å²) in [5, 5.41) is 6.55. The van der Waals surface area contributed by atoms with E-state index in [0.29, 0.717) is 6.54 Å². The number of hydrogen-bond donors (Lipinski definition) is 1. The highest BCUT2D eigenvalue weighted by Crippen LogP contribution is 2.22. The van der Waals surface area contributed by atoms with Gasteiger partial charge in [0.25, 0.3) is 5.91 Å². The van der Waals surface area contributed by atoms with Crippen LogP contribution < -0.4 is 5.32 Å². The number of amides is 1. The number of nitrogens with one attached hydrogen (secondary N) is 1. The minimum absolute atomic E-state index is 0.0146.